The first-order valence-electron chi connectivity index (χ1n) is 14.0. The summed E-state index contributed by atoms with van der Waals surface area (Å²) in [7, 11) is 3.49. The average molecular weight is 590 g/mol. The van der Waals surface area contributed by atoms with Crippen molar-refractivity contribution in [3.05, 3.63) is 95.8 Å². The third-order valence-corrected chi connectivity index (χ3v) is 7.39. The van der Waals surface area contributed by atoms with E-state index in [0.29, 0.717) is 42.1 Å². The van der Waals surface area contributed by atoms with E-state index in [2.05, 4.69) is 0 Å². The minimum atomic E-state index is -0.773. The lowest BCUT2D eigenvalue weighted by molar-refractivity contribution is -0.127. The highest BCUT2D eigenvalue weighted by molar-refractivity contribution is 6.04. The summed E-state index contributed by atoms with van der Waals surface area (Å²) in [5.41, 5.74) is 1.58. The highest BCUT2D eigenvalue weighted by Crippen LogP contribution is 2.28. The van der Waals surface area contributed by atoms with Gasteiger partial charge in [-0.2, -0.15) is 0 Å². The Morgan fingerprint density at radius 2 is 1.51 bits per heavy atom. The Hall–Kier alpha value is -4.77. The van der Waals surface area contributed by atoms with Gasteiger partial charge in [-0.3, -0.25) is 29.2 Å². The topological polar surface area (TPSA) is 93.7 Å². The van der Waals surface area contributed by atoms with Crippen LogP contribution < -0.4 is 9.80 Å². The highest BCUT2D eigenvalue weighted by Gasteiger charge is 2.36. The van der Waals surface area contributed by atoms with Crippen molar-refractivity contribution in [3.63, 3.8) is 0 Å². The number of ether oxygens (including phenoxy) is 1. The fourth-order valence-electron chi connectivity index (χ4n) is 4.83. The van der Waals surface area contributed by atoms with Gasteiger partial charge in [0.1, 0.15) is 11.9 Å². The summed E-state index contributed by atoms with van der Waals surface area (Å²) in [4.78, 5) is 54.8. The molecule has 4 amide bonds. The molecule has 3 aromatic rings. The molecule has 4 rings (SSSR count). The molecule has 11 heteroatoms. The maximum atomic E-state index is 15.4. The molecule has 3 aromatic carbocycles. The number of hydrogen-bond acceptors (Lipinski definition) is 7. The SMILES string of the molecule is CCN(CCN(C)N(C)C(=O)c1ccccc1)c1ccc(N2C[C@H](CN(C(C)=O)C(=O)c3ccccc3)OC2=O)cc1F. The molecule has 0 aromatic heterocycles. The molecule has 0 unspecified atom stereocenters. The predicted octanol–water partition coefficient (Wildman–Crippen LogP) is 4.29. The zero-order valence-electron chi connectivity index (χ0n) is 24.8. The van der Waals surface area contributed by atoms with Crippen molar-refractivity contribution >= 4 is 35.2 Å². The van der Waals surface area contributed by atoms with Gasteiger partial charge in [-0.25, -0.2) is 14.2 Å². The van der Waals surface area contributed by atoms with E-state index >= 15 is 4.39 Å². The number of carbonyl (C=O) groups excluding carboxylic acids is 4. The molecule has 1 saturated heterocycles. The van der Waals surface area contributed by atoms with Crippen molar-refractivity contribution < 1.29 is 28.3 Å². The van der Waals surface area contributed by atoms with Gasteiger partial charge in [-0.15, -0.1) is 0 Å². The molecule has 0 spiro atoms. The van der Waals surface area contributed by atoms with Crippen LogP contribution in [0.1, 0.15) is 34.6 Å². The third kappa shape index (κ3) is 7.36. The molecule has 10 nitrogen and oxygen atoms in total. The number of benzene rings is 3. The summed E-state index contributed by atoms with van der Waals surface area (Å²) in [5.74, 6) is -1.62. The van der Waals surface area contributed by atoms with Crippen LogP contribution in [0.5, 0.6) is 0 Å². The Kier molecular flexibility index (Phi) is 10.1. The van der Waals surface area contributed by atoms with Crippen molar-refractivity contribution in [3.8, 4) is 0 Å². The molecule has 0 bridgehead atoms. The quantitative estimate of drug-likeness (QED) is 0.308. The van der Waals surface area contributed by atoms with Gasteiger partial charge in [0.05, 0.1) is 24.5 Å². The number of hydrazine groups is 1. The lowest BCUT2D eigenvalue weighted by Gasteiger charge is -2.32. The van der Waals surface area contributed by atoms with E-state index in [9.17, 15) is 19.2 Å². The van der Waals surface area contributed by atoms with E-state index in [4.69, 9.17) is 4.74 Å². The van der Waals surface area contributed by atoms with Crippen LogP contribution in [0.4, 0.5) is 20.6 Å². The van der Waals surface area contributed by atoms with E-state index in [-0.39, 0.29) is 19.0 Å². The number of nitrogens with zero attached hydrogens (tertiary/aromatic N) is 5. The molecule has 1 fully saturated rings. The second-order valence-corrected chi connectivity index (χ2v) is 10.2. The van der Waals surface area contributed by atoms with E-state index in [1.807, 2.05) is 30.0 Å². The summed E-state index contributed by atoms with van der Waals surface area (Å²) < 4.78 is 20.9. The zero-order chi connectivity index (χ0) is 31.1. The molecule has 1 aliphatic rings. The van der Waals surface area contributed by atoms with Gasteiger partial charge in [0, 0.05) is 51.8 Å². The first kappa shape index (κ1) is 31.2. The summed E-state index contributed by atoms with van der Waals surface area (Å²) >= 11 is 0. The van der Waals surface area contributed by atoms with Gasteiger partial charge < -0.3 is 9.64 Å². The lowest BCUT2D eigenvalue weighted by atomic mass is 10.2. The molecule has 226 valence electrons. The smallest absolute Gasteiger partial charge is 0.414 e. The standard InChI is InChI=1S/C32H36FN5O5/c1-5-36(19-18-34(3)35(4)30(40)24-12-8-6-9-13-24)29-17-16-26(20-28(29)33)38-22-27(43-32(38)42)21-37(23(2)39)31(41)25-14-10-7-11-15-25/h6-17,20,27H,5,18-19,21-22H2,1-4H3/t27-/m0/s1. The Balaban J connectivity index is 1.39. The first-order valence-corrected chi connectivity index (χ1v) is 14.0. The van der Waals surface area contributed by atoms with E-state index in [1.54, 1.807) is 73.7 Å². The van der Waals surface area contributed by atoms with Crippen LogP contribution in [-0.2, 0) is 9.53 Å². The number of likely N-dealkylation sites (N-methyl/N-ethyl adjacent to an activating group) is 2. The Morgan fingerprint density at radius 3 is 2.07 bits per heavy atom. The maximum absolute atomic E-state index is 15.4. The zero-order valence-corrected chi connectivity index (χ0v) is 24.8. The monoisotopic (exact) mass is 589 g/mol. The van der Waals surface area contributed by atoms with Crippen molar-refractivity contribution in [2.24, 2.45) is 0 Å². The van der Waals surface area contributed by atoms with Crippen molar-refractivity contribution in [1.29, 1.82) is 0 Å². The molecule has 0 N–H and O–H groups in total. The lowest BCUT2D eigenvalue weighted by Crippen LogP contribution is -2.45. The molecule has 1 atom stereocenters. The molecule has 1 aliphatic heterocycles. The van der Waals surface area contributed by atoms with Crippen LogP contribution in [0.25, 0.3) is 0 Å². The van der Waals surface area contributed by atoms with E-state index in [0.717, 1.165) is 4.90 Å². The van der Waals surface area contributed by atoms with Gasteiger partial charge in [0.2, 0.25) is 5.91 Å². The maximum Gasteiger partial charge on any atom is 0.414 e. The minimum absolute atomic E-state index is 0.0491. The van der Waals surface area contributed by atoms with Crippen LogP contribution in [0.3, 0.4) is 0 Å². The van der Waals surface area contributed by atoms with E-state index in [1.165, 1.54) is 22.9 Å². The molecule has 0 aliphatic carbocycles. The number of cyclic esters (lactones) is 1. The van der Waals surface area contributed by atoms with Crippen molar-refractivity contribution in [2.45, 2.75) is 20.0 Å². The largest absolute Gasteiger partial charge is 0.442 e. The Labute approximate surface area is 250 Å². The average Bonchev–Trinajstić information content (AvgIpc) is 3.40. The van der Waals surface area contributed by atoms with Crippen molar-refractivity contribution in [1.82, 2.24) is 14.9 Å². The van der Waals surface area contributed by atoms with Crippen LogP contribution >= 0.6 is 0 Å². The van der Waals surface area contributed by atoms with Gasteiger partial charge in [0.15, 0.2) is 0 Å². The summed E-state index contributed by atoms with van der Waals surface area (Å²) in [5, 5.41) is 3.30. The summed E-state index contributed by atoms with van der Waals surface area (Å²) in [6.07, 6.45) is -1.46. The van der Waals surface area contributed by atoms with Gasteiger partial charge in [-0.1, -0.05) is 36.4 Å². The summed E-state index contributed by atoms with van der Waals surface area (Å²) in [6, 6.07) is 21.9. The number of halogens is 1. The molecule has 1 heterocycles. The highest BCUT2D eigenvalue weighted by atomic mass is 19.1. The molecule has 0 saturated carbocycles. The number of anilines is 2. The van der Waals surface area contributed by atoms with Crippen LogP contribution in [0, 0.1) is 5.82 Å². The number of hydrogen-bond donors (Lipinski definition) is 0. The molecule has 0 radical (unpaired) electrons. The Morgan fingerprint density at radius 1 is 0.907 bits per heavy atom. The third-order valence-electron chi connectivity index (χ3n) is 7.39. The second kappa shape index (κ2) is 13.9. The number of amides is 4. The fourth-order valence-corrected chi connectivity index (χ4v) is 4.83. The number of rotatable bonds is 11. The van der Waals surface area contributed by atoms with E-state index < -0.39 is 29.8 Å². The molecule has 43 heavy (non-hydrogen) atoms. The minimum Gasteiger partial charge on any atom is -0.442 e. The fraction of sp³-hybridized carbons (Fsp3) is 0.312. The normalized spacial score (nSPS) is 14.4. The van der Waals surface area contributed by atoms with Crippen LogP contribution in [-0.4, -0.2) is 91.7 Å². The van der Waals surface area contributed by atoms with Gasteiger partial charge in [0.25, 0.3) is 11.8 Å². The Bertz CT molecular complexity index is 1460. The number of imide groups is 1. The van der Waals surface area contributed by atoms with Gasteiger partial charge in [-0.05, 0) is 49.4 Å². The van der Waals surface area contributed by atoms with Crippen LogP contribution in [0.15, 0.2) is 78.9 Å². The molecular weight excluding hydrogens is 553 g/mol. The predicted molar refractivity (Wildman–Crippen MR) is 161 cm³/mol. The molecular formula is C32H36FN5O5. The van der Waals surface area contributed by atoms with Crippen LogP contribution in [0.2, 0.25) is 0 Å². The van der Waals surface area contributed by atoms with Crippen molar-refractivity contribution in [2.75, 3.05) is 56.6 Å². The summed E-state index contributed by atoms with van der Waals surface area (Å²) in [6.45, 7) is 4.53. The first-order chi connectivity index (χ1) is 20.6. The number of carbonyl (C=O) groups is 4. The van der Waals surface area contributed by atoms with Gasteiger partial charge >= 0.3 is 6.09 Å². The second-order valence-electron chi connectivity index (χ2n) is 10.2.